The highest BCUT2D eigenvalue weighted by atomic mass is 19.4. The van der Waals surface area contributed by atoms with Gasteiger partial charge in [0.25, 0.3) is 0 Å². The van der Waals surface area contributed by atoms with Gasteiger partial charge >= 0.3 is 6.18 Å². The second-order valence-corrected chi connectivity index (χ2v) is 5.69. The number of hydrogen-bond donors (Lipinski definition) is 0. The van der Waals surface area contributed by atoms with E-state index in [1.807, 2.05) is 18.1 Å². The Morgan fingerprint density at radius 2 is 1.71 bits per heavy atom. The lowest BCUT2D eigenvalue weighted by molar-refractivity contribution is -0.137. The van der Waals surface area contributed by atoms with Crippen LogP contribution in [0, 0.1) is 11.3 Å². The summed E-state index contributed by atoms with van der Waals surface area (Å²) < 4.78 is 40.3. The molecule has 3 rings (SSSR count). The van der Waals surface area contributed by atoms with Crippen LogP contribution in [0.1, 0.15) is 11.1 Å². The minimum atomic E-state index is -4.51. The van der Waals surface area contributed by atoms with Gasteiger partial charge in [-0.15, -0.1) is 0 Å². The van der Waals surface area contributed by atoms with Crippen LogP contribution in [0.4, 0.5) is 24.5 Å². The molecule has 126 valence electrons. The molecule has 0 aliphatic carbocycles. The Hall–Kier alpha value is -2.69. The maximum Gasteiger partial charge on any atom is 0.417 e. The van der Waals surface area contributed by atoms with Crippen LogP contribution in [0.25, 0.3) is 0 Å². The molecule has 8 heteroatoms. The molecule has 0 saturated carbocycles. The number of halogens is 3. The number of anilines is 2. The van der Waals surface area contributed by atoms with E-state index in [4.69, 9.17) is 5.26 Å². The number of nitrogens with zero attached hydrogens (tertiary/aromatic N) is 5. The number of nitriles is 1. The van der Waals surface area contributed by atoms with Gasteiger partial charge in [0.2, 0.25) is 0 Å². The first-order valence-electron chi connectivity index (χ1n) is 7.48. The molecule has 0 N–H and O–H groups in total. The third-order valence-electron chi connectivity index (χ3n) is 4.13. The van der Waals surface area contributed by atoms with Gasteiger partial charge in [-0.3, -0.25) is 4.68 Å². The molecule has 1 aromatic carbocycles. The van der Waals surface area contributed by atoms with E-state index in [-0.39, 0.29) is 5.56 Å². The number of rotatable bonds is 2. The summed E-state index contributed by atoms with van der Waals surface area (Å²) >= 11 is 0. The number of alkyl halides is 3. The minimum absolute atomic E-state index is 0.338. The fourth-order valence-corrected chi connectivity index (χ4v) is 2.86. The highest BCUT2D eigenvalue weighted by Gasteiger charge is 2.34. The van der Waals surface area contributed by atoms with E-state index >= 15 is 0 Å². The predicted molar refractivity (Wildman–Crippen MR) is 83.8 cm³/mol. The zero-order valence-corrected chi connectivity index (χ0v) is 13.1. The molecule has 0 radical (unpaired) electrons. The van der Waals surface area contributed by atoms with Gasteiger partial charge in [0, 0.05) is 45.1 Å². The van der Waals surface area contributed by atoms with Crippen LogP contribution < -0.4 is 9.80 Å². The van der Waals surface area contributed by atoms with Gasteiger partial charge in [0.05, 0.1) is 29.1 Å². The molecular formula is C16H16F3N5. The summed E-state index contributed by atoms with van der Waals surface area (Å²) in [6.45, 7) is 2.83. The lowest BCUT2D eigenvalue weighted by atomic mass is 10.1. The Morgan fingerprint density at radius 1 is 1.08 bits per heavy atom. The van der Waals surface area contributed by atoms with Crippen LogP contribution in [0.15, 0.2) is 30.6 Å². The number of aromatic nitrogens is 2. The number of aryl methyl sites for hydroxylation is 1. The molecule has 2 heterocycles. The van der Waals surface area contributed by atoms with Crippen molar-refractivity contribution in [2.75, 3.05) is 36.0 Å². The SMILES string of the molecule is Cn1cc(N2CCN(c3ccc(C(F)(F)F)c(C#N)c3)CC2)cn1. The Bertz CT molecular complexity index is 767. The van der Waals surface area contributed by atoms with Crippen LogP contribution in [-0.4, -0.2) is 36.0 Å². The van der Waals surface area contributed by atoms with Gasteiger partial charge in [0.15, 0.2) is 0 Å². The summed E-state index contributed by atoms with van der Waals surface area (Å²) in [6.07, 6.45) is -0.786. The van der Waals surface area contributed by atoms with Crippen LogP contribution >= 0.6 is 0 Å². The van der Waals surface area contributed by atoms with Gasteiger partial charge in [-0.05, 0) is 18.2 Å². The molecule has 0 spiro atoms. The van der Waals surface area contributed by atoms with Gasteiger partial charge in [-0.25, -0.2) is 0 Å². The lowest BCUT2D eigenvalue weighted by Crippen LogP contribution is -2.46. The molecule has 1 fully saturated rings. The molecule has 0 atom stereocenters. The number of piperazine rings is 1. The van der Waals surface area contributed by atoms with Crippen molar-refractivity contribution in [2.24, 2.45) is 7.05 Å². The van der Waals surface area contributed by atoms with E-state index in [1.54, 1.807) is 16.9 Å². The van der Waals surface area contributed by atoms with Crippen molar-refractivity contribution in [3.8, 4) is 6.07 Å². The lowest BCUT2D eigenvalue weighted by Gasteiger charge is -2.36. The van der Waals surface area contributed by atoms with Crippen molar-refractivity contribution in [1.82, 2.24) is 9.78 Å². The smallest absolute Gasteiger partial charge is 0.368 e. The molecule has 0 bridgehead atoms. The van der Waals surface area contributed by atoms with Crippen molar-refractivity contribution in [3.63, 3.8) is 0 Å². The Labute approximate surface area is 137 Å². The van der Waals surface area contributed by atoms with Crippen molar-refractivity contribution in [2.45, 2.75) is 6.18 Å². The molecule has 1 aromatic heterocycles. The van der Waals surface area contributed by atoms with Crippen LogP contribution in [-0.2, 0) is 13.2 Å². The van der Waals surface area contributed by atoms with Crippen molar-refractivity contribution in [3.05, 3.63) is 41.7 Å². The molecule has 0 amide bonds. The van der Waals surface area contributed by atoms with Crippen LogP contribution in [0.2, 0.25) is 0 Å². The average Bonchev–Trinajstić information content (AvgIpc) is 3.00. The molecule has 24 heavy (non-hydrogen) atoms. The monoisotopic (exact) mass is 335 g/mol. The summed E-state index contributed by atoms with van der Waals surface area (Å²) in [5.41, 5.74) is 0.449. The topological polar surface area (TPSA) is 48.1 Å². The van der Waals surface area contributed by atoms with Crippen molar-refractivity contribution in [1.29, 1.82) is 5.26 Å². The van der Waals surface area contributed by atoms with Gasteiger partial charge in [-0.2, -0.15) is 23.5 Å². The third kappa shape index (κ3) is 3.15. The average molecular weight is 335 g/mol. The standard InChI is InChI=1S/C16H16F3N5/c1-22-11-14(10-21-22)24-6-4-23(5-7-24)13-2-3-15(16(17,18)19)12(8-13)9-20/h2-3,8,10-11H,4-7H2,1H3. The summed E-state index contributed by atoms with van der Waals surface area (Å²) in [5.74, 6) is 0. The van der Waals surface area contributed by atoms with Gasteiger partial charge in [-0.1, -0.05) is 0 Å². The predicted octanol–water partition coefficient (Wildman–Crippen LogP) is 2.64. The summed E-state index contributed by atoms with van der Waals surface area (Å²) in [5, 5.41) is 13.2. The third-order valence-corrected chi connectivity index (χ3v) is 4.13. The van der Waals surface area contributed by atoms with E-state index < -0.39 is 11.7 Å². The highest BCUT2D eigenvalue weighted by Crippen LogP contribution is 2.34. The molecule has 0 unspecified atom stereocenters. The largest absolute Gasteiger partial charge is 0.417 e. The molecule has 1 aliphatic rings. The first-order valence-corrected chi connectivity index (χ1v) is 7.48. The maximum atomic E-state index is 12.9. The van der Waals surface area contributed by atoms with Crippen molar-refractivity contribution < 1.29 is 13.2 Å². The fourth-order valence-electron chi connectivity index (χ4n) is 2.86. The fraction of sp³-hybridized carbons (Fsp3) is 0.375. The first kappa shape index (κ1) is 16.2. The van der Waals surface area contributed by atoms with E-state index in [9.17, 15) is 13.2 Å². The van der Waals surface area contributed by atoms with Crippen LogP contribution in [0.3, 0.4) is 0 Å². The Balaban J connectivity index is 1.74. The quantitative estimate of drug-likeness (QED) is 0.846. The van der Waals surface area contributed by atoms with E-state index in [0.29, 0.717) is 18.8 Å². The van der Waals surface area contributed by atoms with E-state index in [2.05, 4.69) is 10.00 Å². The zero-order valence-electron chi connectivity index (χ0n) is 13.1. The van der Waals surface area contributed by atoms with Gasteiger partial charge < -0.3 is 9.80 Å². The second kappa shape index (κ2) is 6.07. The maximum absolute atomic E-state index is 12.9. The summed E-state index contributed by atoms with van der Waals surface area (Å²) in [6, 6.07) is 5.39. The summed E-state index contributed by atoms with van der Waals surface area (Å²) in [4.78, 5) is 4.17. The van der Waals surface area contributed by atoms with E-state index in [1.165, 1.54) is 12.1 Å². The molecular weight excluding hydrogens is 319 g/mol. The van der Waals surface area contributed by atoms with Crippen LogP contribution in [0.5, 0.6) is 0 Å². The zero-order chi connectivity index (χ0) is 17.3. The normalized spacial score (nSPS) is 15.5. The first-order chi connectivity index (χ1) is 11.4. The molecule has 1 aliphatic heterocycles. The molecule has 2 aromatic rings. The molecule has 1 saturated heterocycles. The van der Waals surface area contributed by atoms with Crippen molar-refractivity contribution >= 4 is 11.4 Å². The van der Waals surface area contributed by atoms with Gasteiger partial charge in [0.1, 0.15) is 0 Å². The second-order valence-electron chi connectivity index (χ2n) is 5.69. The summed E-state index contributed by atoms with van der Waals surface area (Å²) in [7, 11) is 1.85. The number of hydrogen-bond acceptors (Lipinski definition) is 4. The molecule has 5 nitrogen and oxygen atoms in total. The number of benzene rings is 1. The minimum Gasteiger partial charge on any atom is -0.368 e. The Morgan fingerprint density at radius 3 is 2.21 bits per heavy atom. The highest BCUT2D eigenvalue weighted by molar-refractivity contribution is 5.56. The van der Waals surface area contributed by atoms with E-state index in [0.717, 1.165) is 24.8 Å². The Kier molecular flexibility index (Phi) is 4.09.